The lowest BCUT2D eigenvalue weighted by atomic mass is 9.98. The van der Waals surface area contributed by atoms with E-state index in [2.05, 4.69) is 23.8 Å². The maximum Gasteiger partial charge on any atom is 0.233 e. The van der Waals surface area contributed by atoms with Crippen molar-refractivity contribution in [3.63, 3.8) is 0 Å². The van der Waals surface area contributed by atoms with Gasteiger partial charge in [-0.25, -0.2) is 4.98 Å². The smallest absolute Gasteiger partial charge is 0.233 e. The van der Waals surface area contributed by atoms with Gasteiger partial charge < -0.3 is 14.6 Å². The number of piperidine rings is 1. The van der Waals surface area contributed by atoms with Crippen LogP contribution in [-0.4, -0.2) is 45.7 Å². The Bertz CT molecular complexity index is 690. The number of H-pyrrole nitrogens is 1. The van der Waals surface area contributed by atoms with Crippen molar-refractivity contribution in [3.05, 3.63) is 18.2 Å². The van der Waals surface area contributed by atoms with Gasteiger partial charge in [-0.2, -0.15) is 0 Å². The van der Waals surface area contributed by atoms with Gasteiger partial charge >= 0.3 is 0 Å². The molecule has 1 aliphatic heterocycles. The molecule has 124 valence electrons. The fourth-order valence-corrected chi connectivity index (χ4v) is 4.03. The predicted molar refractivity (Wildman–Crippen MR) is 93.0 cm³/mol. The summed E-state index contributed by atoms with van der Waals surface area (Å²) in [7, 11) is 1.65. The molecule has 1 saturated heterocycles. The van der Waals surface area contributed by atoms with Crippen molar-refractivity contribution in [1.29, 1.82) is 0 Å². The summed E-state index contributed by atoms with van der Waals surface area (Å²) in [5.41, 5.74) is 1.82. The Morgan fingerprint density at radius 3 is 2.83 bits per heavy atom. The number of imidazole rings is 1. The second-order valence-electron chi connectivity index (χ2n) is 6.14. The number of methoxy groups -OCH3 is 1. The van der Waals surface area contributed by atoms with Crippen molar-refractivity contribution < 1.29 is 9.53 Å². The minimum Gasteiger partial charge on any atom is -0.497 e. The van der Waals surface area contributed by atoms with Crippen molar-refractivity contribution in [2.75, 3.05) is 12.9 Å². The van der Waals surface area contributed by atoms with E-state index in [-0.39, 0.29) is 5.91 Å². The number of thioether (sulfide) groups is 1. The number of benzene rings is 1. The molecule has 3 rings (SSSR count). The average Bonchev–Trinajstić information content (AvgIpc) is 2.94. The Hall–Kier alpha value is -1.69. The fraction of sp³-hybridized carbons (Fsp3) is 0.529. The molecule has 0 aliphatic carbocycles. The van der Waals surface area contributed by atoms with Crippen LogP contribution in [0.5, 0.6) is 5.75 Å². The number of carbonyl (C=O) groups excluding carboxylic acids is 1. The number of ether oxygens (including phenoxy) is 1. The summed E-state index contributed by atoms with van der Waals surface area (Å²) in [5, 5.41) is 0.777. The summed E-state index contributed by atoms with van der Waals surface area (Å²) in [5.74, 6) is 1.42. The van der Waals surface area contributed by atoms with E-state index in [1.807, 2.05) is 23.1 Å². The van der Waals surface area contributed by atoms with Gasteiger partial charge in [0.25, 0.3) is 0 Å². The normalized spacial score (nSPS) is 21.6. The van der Waals surface area contributed by atoms with Gasteiger partial charge in [0.1, 0.15) is 5.75 Å². The van der Waals surface area contributed by atoms with Crippen LogP contribution in [0.4, 0.5) is 0 Å². The van der Waals surface area contributed by atoms with Crippen LogP contribution in [-0.2, 0) is 4.79 Å². The van der Waals surface area contributed by atoms with E-state index in [1.54, 1.807) is 7.11 Å². The van der Waals surface area contributed by atoms with Gasteiger partial charge in [0, 0.05) is 18.2 Å². The number of aromatic amines is 1. The molecule has 1 amide bonds. The Morgan fingerprint density at radius 1 is 1.39 bits per heavy atom. The third-order valence-electron chi connectivity index (χ3n) is 4.48. The number of aromatic nitrogens is 2. The molecule has 2 atom stereocenters. The molecule has 6 heteroatoms. The molecule has 0 radical (unpaired) electrons. The quantitative estimate of drug-likeness (QED) is 0.871. The SMILES string of the molecule is COc1ccc2nc(SCC(=O)N3[C@@H](C)CCC[C@@H]3C)[nH]c2c1. The third-order valence-corrected chi connectivity index (χ3v) is 5.34. The first-order chi connectivity index (χ1) is 11.1. The van der Waals surface area contributed by atoms with E-state index in [4.69, 9.17) is 4.74 Å². The van der Waals surface area contributed by atoms with Gasteiger partial charge in [0.2, 0.25) is 5.91 Å². The highest BCUT2D eigenvalue weighted by molar-refractivity contribution is 7.99. The highest BCUT2D eigenvalue weighted by Gasteiger charge is 2.28. The van der Waals surface area contributed by atoms with Crippen LogP contribution < -0.4 is 4.74 Å². The van der Waals surface area contributed by atoms with Gasteiger partial charge in [-0.15, -0.1) is 0 Å². The minimum absolute atomic E-state index is 0.202. The molecule has 1 aliphatic rings. The van der Waals surface area contributed by atoms with Crippen LogP contribution in [0.25, 0.3) is 11.0 Å². The lowest BCUT2D eigenvalue weighted by Gasteiger charge is -2.39. The molecule has 0 saturated carbocycles. The Kier molecular flexibility index (Phi) is 4.80. The van der Waals surface area contributed by atoms with Crippen molar-refractivity contribution in [3.8, 4) is 5.75 Å². The molecule has 0 unspecified atom stereocenters. The molecule has 2 aromatic rings. The van der Waals surface area contributed by atoms with Gasteiger partial charge in [-0.3, -0.25) is 4.79 Å². The minimum atomic E-state index is 0.202. The number of hydrogen-bond donors (Lipinski definition) is 1. The van der Waals surface area contributed by atoms with Crippen molar-refractivity contribution in [2.24, 2.45) is 0 Å². The van der Waals surface area contributed by atoms with E-state index in [1.165, 1.54) is 18.2 Å². The van der Waals surface area contributed by atoms with Gasteiger partial charge in [-0.1, -0.05) is 11.8 Å². The van der Waals surface area contributed by atoms with E-state index >= 15 is 0 Å². The van der Waals surface area contributed by atoms with Crippen molar-refractivity contribution in [2.45, 2.75) is 50.4 Å². The zero-order valence-electron chi connectivity index (χ0n) is 13.8. The molecule has 0 bridgehead atoms. The summed E-state index contributed by atoms with van der Waals surface area (Å²) in [6, 6.07) is 6.41. The lowest BCUT2D eigenvalue weighted by molar-refractivity contribution is -0.134. The van der Waals surface area contributed by atoms with Crippen LogP contribution in [0.2, 0.25) is 0 Å². The topological polar surface area (TPSA) is 58.2 Å². The second kappa shape index (κ2) is 6.83. The molecule has 23 heavy (non-hydrogen) atoms. The largest absolute Gasteiger partial charge is 0.497 e. The first kappa shape index (κ1) is 16.2. The van der Waals surface area contributed by atoms with Crippen LogP contribution in [0.3, 0.4) is 0 Å². The van der Waals surface area contributed by atoms with Crippen LogP contribution >= 0.6 is 11.8 Å². The Balaban J connectivity index is 1.66. The number of nitrogens with zero attached hydrogens (tertiary/aromatic N) is 2. The molecule has 1 fully saturated rings. The molecule has 1 aromatic heterocycles. The molecule has 5 nitrogen and oxygen atoms in total. The van der Waals surface area contributed by atoms with E-state index in [0.29, 0.717) is 17.8 Å². The van der Waals surface area contributed by atoms with Gasteiger partial charge in [0.05, 0.1) is 23.9 Å². The van der Waals surface area contributed by atoms with Crippen LogP contribution in [0.1, 0.15) is 33.1 Å². The Labute approximate surface area is 140 Å². The molecule has 1 aromatic carbocycles. The highest BCUT2D eigenvalue weighted by atomic mass is 32.2. The van der Waals surface area contributed by atoms with Crippen molar-refractivity contribution >= 4 is 28.7 Å². The summed E-state index contributed by atoms with van der Waals surface area (Å²) in [6.45, 7) is 4.29. The number of nitrogens with one attached hydrogen (secondary N) is 1. The third kappa shape index (κ3) is 3.47. The average molecular weight is 333 g/mol. The zero-order valence-corrected chi connectivity index (χ0v) is 14.7. The van der Waals surface area contributed by atoms with Gasteiger partial charge in [-0.05, 0) is 45.2 Å². The number of fused-ring (bicyclic) bond motifs is 1. The summed E-state index contributed by atoms with van der Waals surface area (Å²) >= 11 is 1.47. The highest BCUT2D eigenvalue weighted by Crippen LogP contribution is 2.26. The van der Waals surface area contributed by atoms with Crippen LogP contribution in [0.15, 0.2) is 23.4 Å². The standard InChI is InChI=1S/C17H23N3O2S/c1-11-5-4-6-12(2)20(11)16(21)10-23-17-18-14-8-7-13(22-3)9-15(14)19-17/h7-9,11-12H,4-6,10H2,1-3H3,(H,18,19)/t11-,12-/m0/s1. The molecule has 2 heterocycles. The summed E-state index contributed by atoms with van der Waals surface area (Å²) in [4.78, 5) is 22.4. The number of carbonyl (C=O) groups is 1. The van der Waals surface area contributed by atoms with E-state index in [0.717, 1.165) is 34.8 Å². The number of hydrogen-bond acceptors (Lipinski definition) is 4. The molecular formula is C17H23N3O2S. The first-order valence-corrected chi connectivity index (χ1v) is 9.04. The maximum atomic E-state index is 12.6. The van der Waals surface area contributed by atoms with Crippen LogP contribution in [0, 0.1) is 0 Å². The monoisotopic (exact) mass is 333 g/mol. The number of rotatable bonds is 4. The van der Waals surface area contributed by atoms with Gasteiger partial charge in [0.15, 0.2) is 5.16 Å². The molecular weight excluding hydrogens is 310 g/mol. The van der Waals surface area contributed by atoms with E-state index < -0.39 is 0 Å². The number of amides is 1. The number of likely N-dealkylation sites (tertiary alicyclic amines) is 1. The lowest BCUT2D eigenvalue weighted by Crippen LogP contribution is -2.48. The summed E-state index contributed by atoms with van der Waals surface area (Å²) in [6.07, 6.45) is 3.42. The summed E-state index contributed by atoms with van der Waals surface area (Å²) < 4.78 is 5.22. The van der Waals surface area contributed by atoms with E-state index in [9.17, 15) is 4.79 Å². The molecule has 0 spiro atoms. The molecule has 1 N–H and O–H groups in total. The first-order valence-electron chi connectivity index (χ1n) is 8.06. The maximum absolute atomic E-state index is 12.6. The second-order valence-corrected chi connectivity index (χ2v) is 7.11. The Morgan fingerprint density at radius 2 is 2.13 bits per heavy atom. The zero-order chi connectivity index (χ0) is 16.4. The predicted octanol–water partition coefficient (Wildman–Crippen LogP) is 3.45. The fourth-order valence-electron chi connectivity index (χ4n) is 3.28. The van der Waals surface area contributed by atoms with Crippen molar-refractivity contribution in [1.82, 2.24) is 14.9 Å².